The summed E-state index contributed by atoms with van der Waals surface area (Å²) in [5.74, 6) is 0.757. The molecular formula is C19H24F2IN3O2. The molecular weight excluding hydrogens is 467 g/mol. The Hall–Kier alpha value is -2.10. The van der Waals surface area contributed by atoms with Gasteiger partial charge in [0, 0.05) is 25.7 Å². The summed E-state index contributed by atoms with van der Waals surface area (Å²) in [6, 6.07) is 9.47. The Balaban J connectivity index is 0.00000364. The van der Waals surface area contributed by atoms with Crippen molar-refractivity contribution >= 4 is 29.9 Å². The summed E-state index contributed by atoms with van der Waals surface area (Å²) in [6.07, 6.45) is 0.218. The van der Waals surface area contributed by atoms with E-state index >= 15 is 0 Å². The van der Waals surface area contributed by atoms with E-state index in [2.05, 4.69) is 15.6 Å². The van der Waals surface area contributed by atoms with Crippen LogP contribution in [0.1, 0.15) is 11.1 Å². The molecule has 2 rings (SSSR count). The SMILES string of the molecule is CN=C(NCCc1c(F)cccc1F)NCc1ccc(OC)c(OC)c1.I. The monoisotopic (exact) mass is 491 g/mol. The lowest BCUT2D eigenvalue weighted by atomic mass is 10.1. The highest BCUT2D eigenvalue weighted by atomic mass is 127. The van der Waals surface area contributed by atoms with Crippen LogP contribution in [0.15, 0.2) is 41.4 Å². The average Bonchev–Trinajstić information content (AvgIpc) is 2.66. The number of methoxy groups -OCH3 is 2. The van der Waals surface area contributed by atoms with Crippen molar-refractivity contribution in [3.63, 3.8) is 0 Å². The second kappa shape index (κ2) is 11.6. The first-order valence-corrected chi connectivity index (χ1v) is 8.17. The van der Waals surface area contributed by atoms with Crippen LogP contribution < -0.4 is 20.1 Å². The number of benzene rings is 2. The molecule has 2 N–H and O–H groups in total. The number of aliphatic imine (C=N–C) groups is 1. The van der Waals surface area contributed by atoms with Crippen LogP contribution in [0, 0.1) is 11.6 Å². The van der Waals surface area contributed by atoms with Gasteiger partial charge < -0.3 is 20.1 Å². The molecule has 5 nitrogen and oxygen atoms in total. The number of halogens is 3. The highest BCUT2D eigenvalue weighted by molar-refractivity contribution is 14.0. The number of guanidine groups is 1. The summed E-state index contributed by atoms with van der Waals surface area (Å²) in [7, 11) is 4.80. The van der Waals surface area contributed by atoms with E-state index in [9.17, 15) is 8.78 Å². The van der Waals surface area contributed by atoms with Gasteiger partial charge in [-0.15, -0.1) is 24.0 Å². The zero-order valence-electron chi connectivity index (χ0n) is 15.5. The van der Waals surface area contributed by atoms with Gasteiger partial charge in [-0.05, 0) is 36.2 Å². The molecule has 0 spiro atoms. The van der Waals surface area contributed by atoms with Crippen LogP contribution in [0.4, 0.5) is 8.78 Å². The minimum atomic E-state index is -0.542. The standard InChI is InChI=1S/C19H23F2N3O2.HI/c1-22-19(23-10-9-14-15(20)5-4-6-16(14)21)24-12-13-7-8-17(25-2)18(11-13)26-3;/h4-8,11H,9-10,12H2,1-3H3,(H2,22,23,24);1H. The fourth-order valence-corrected chi connectivity index (χ4v) is 2.47. The first kappa shape index (κ1) is 22.9. The summed E-state index contributed by atoms with van der Waals surface area (Å²) in [4.78, 5) is 4.11. The second-order valence-electron chi connectivity index (χ2n) is 5.49. The summed E-state index contributed by atoms with van der Waals surface area (Å²) in [5.41, 5.74) is 1.04. The van der Waals surface area contributed by atoms with Crippen molar-refractivity contribution in [2.75, 3.05) is 27.8 Å². The van der Waals surface area contributed by atoms with Gasteiger partial charge in [0.25, 0.3) is 0 Å². The van der Waals surface area contributed by atoms with Crippen LogP contribution in [0.5, 0.6) is 11.5 Å². The zero-order valence-corrected chi connectivity index (χ0v) is 17.8. The molecule has 0 amide bonds. The normalized spacial score (nSPS) is 10.8. The van der Waals surface area contributed by atoms with Crippen molar-refractivity contribution in [1.82, 2.24) is 10.6 Å². The largest absolute Gasteiger partial charge is 0.493 e. The number of hydrogen-bond donors (Lipinski definition) is 2. The molecule has 0 radical (unpaired) electrons. The van der Waals surface area contributed by atoms with Crippen LogP contribution in [0.2, 0.25) is 0 Å². The number of nitrogens with one attached hydrogen (secondary N) is 2. The molecule has 0 atom stereocenters. The fraction of sp³-hybridized carbons (Fsp3) is 0.316. The Morgan fingerprint density at radius 3 is 2.26 bits per heavy atom. The van der Waals surface area contributed by atoms with Crippen molar-refractivity contribution in [2.24, 2.45) is 4.99 Å². The predicted octanol–water partition coefficient (Wildman–Crippen LogP) is 3.51. The number of ether oxygens (including phenoxy) is 2. The Bertz CT molecular complexity index is 752. The van der Waals surface area contributed by atoms with Gasteiger partial charge in [-0.2, -0.15) is 0 Å². The Kier molecular flexibility index (Phi) is 9.84. The van der Waals surface area contributed by atoms with Gasteiger partial charge >= 0.3 is 0 Å². The van der Waals surface area contributed by atoms with Crippen molar-refractivity contribution < 1.29 is 18.3 Å². The average molecular weight is 491 g/mol. The zero-order chi connectivity index (χ0) is 18.9. The van der Waals surface area contributed by atoms with Crippen molar-refractivity contribution in [2.45, 2.75) is 13.0 Å². The van der Waals surface area contributed by atoms with Gasteiger partial charge in [-0.1, -0.05) is 12.1 Å². The molecule has 2 aromatic carbocycles. The molecule has 0 aliphatic carbocycles. The Morgan fingerprint density at radius 1 is 1.00 bits per heavy atom. The van der Waals surface area contributed by atoms with E-state index in [4.69, 9.17) is 9.47 Å². The van der Waals surface area contributed by atoms with E-state index in [-0.39, 0.29) is 36.0 Å². The van der Waals surface area contributed by atoms with E-state index in [0.717, 1.165) is 5.56 Å². The lowest BCUT2D eigenvalue weighted by Crippen LogP contribution is -2.38. The minimum Gasteiger partial charge on any atom is -0.493 e. The maximum absolute atomic E-state index is 13.6. The van der Waals surface area contributed by atoms with Crippen LogP contribution >= 0.6 is 24.0 Å². The molecule has 0 aromatic heterocycles. The van der Waals surface area contributed by atoms with Crippen LogP contribution in [0.3, 0.4) is 0 Å². The highest BCUT2D eigenvalue weighted by Gasteiger charge is 2.09. The molecule has 2 aromatic rings. The molecule has 148 valence electrons. The smallest absolute Gasteiger partial charge is 0.191 e. The van der Waals surface area contributed by atoms with Crippen LogP contribution in [0.25, 0.3) is 0 Å². The lowest BCUT2D eigenvalue weighted by Gasteiger charge is -2.14. The molecule has 0 aliphatic heterocycles. The molecule has 0 heterocycles. The molecule has 0 saturated heterocycles. The van der Waals surface area contributed by atoms with E-state index in [0.29, 0.717) is 30.5 Å². The summed E-state index contributed by atoms with van der Waals surface area (Å²) < 4.78 is 37.7. The molecule has 0 fully saturated rings. The molecule has 27 heavy (non-hydrogen) atoms. The maximum atomic E-state index is 13.6. The fourth-order valence-electron chi connectivity index (χ4n) is 2.47. The Labute approximate surface area is 175 Å². The second-order valence-corrected chi connectivity index (χ2v) is 5.49. The maximum Gasteiger partial charge on any atom is 0.191 e. The van der Waals surface area contributed by atoms with E-state index in [1.807, 2.05) is 18.2 Å². The number of nitrogens with zero attached hydrogens (tertiary/aromatic N) is 1. The third-order valence-corrected chi connectivity index (χ3v) is 3.86. The quantitative estimate of drug-likeness (QED) is 0.354. The summed E-state index contributed by atoms with van der Waals surface area (Å²) in [5, 5.41) is 6.19. The lowest BCUT2D eigenvalue weighted by molar-refractivity contribution is 0.354. The van der Waals surface area contributed by atoms with Crippen molar-refractivity contribution in [3.05, 3.63) is 59.2 Å². The molecule has 0 aliphatic rings. The van der Waals surface area contributed by atoms with Crippen molar-refractivity contribution in [3.8, 4) is 11.5 Å². The number of hydrogen-bond acceptors (Lipinski definition) is 3. The van der Waals surface area contributed by atoms with Gasteiger partial charge in [0.15, 0.2) is 17.5 Å². The summed E-state index contributed by atoms with van der Waals surface area (Å²) in [6.45, 7) is 0.859. The predicted molar refractivity (Wildman–Crippen MR) is 113 cm³/mol. The van der Waals surface area contributed by atoms with Gasteiger partial charge in [-0.3, -0.25) is 4.99 Å². The number of rotatable bonds is 7. The topological polar surface area (TPSA) is 54.9 Å². The van der Waals surface area contributed by atoms with E-state index < -0.39 is 11.6 Å². The van der Waals surface area contributed by atoms with Gasteiger partial charge in [0.1, 0.15) is 11.6 Å². The molecule has 0 saturated carbocycles. The third-order valence-electron chi connectivity index (χ3n) is 3.86. The molecule has 0 unspecified atom stereocenters. The van der Waals surface area contributed by atoms with Crippen molar-refractivity contribution in [1.29, 1.82) is 0 Å². The minimum absolute atomic E-state index is 0. The third kappa shape index (κ3) is 6.53. The summed E-state index contributed by atoms with van der Waals surface area (Å²) >= 11 is 0. The van der Waals surface area contributed by atoms with Crippen LogP contribution in [-0.2, 0) is 13.0 Å². The van der Waals surface area contributed by atoms with E-state index in [1.54, 1.807) is 21.3 Å². The Morgan fingerprint density at radius 2 is 1.67 bits per heavy atom. The van der Waals surface area contributed by atoms with Crippen LogP contribution in [-0.4, -0.2) is 33.8 Å². The van der Waals surface area contributed by atoms with E-state index in [1.165, 1.54) is 18.2 Å². The first-order chi connectivity index (χ1) is 12.6. The first-order valence-electron chi connectivity index (χ1n) is 8.17. The van der Waals surface area contributed by atoms with Gasteiger partial charge in [0.2, 0.25) is 0 Å². The molecule has 8 heteroatoms. The van der Waals surface area contributed by atoms with Gasteiger partial charge in [0.05, 0.1) is 14.2 Å². The molecule has 0 bridgehead atoms. The van der Waals surface area contributed by atoms with Gasteiger partial charge in [-0.25, -0.2) is 8.78 Å². The highest BCUT2D eigenvalue weighted by Crippen LogP contribution is 2.27.